The zero-order chi connectivity index (χ0) is 26.1. The van der Waals surface area contributed by atoms with Gasteiger partial charge in [-0.1, -0.05) is 0 Å². The fourth-order valence-electron chi connectivity index (χ4n) is 3.48. The van der Waals surface area contributed by atoms with Gasteiger partial charge in [0.05, 0.1) is 12.8 Å². The first-order valence-corrected chi connectivity index (χ1v) is 10.5. The first-order chi connectivity index (χ1) is 16.4. The maximum absolute atomic E-state index is 15.2. The minimum atomic E-state index is -4.70. The van der Waals surface area contributed by atoms with Crippen molar-refractivity contribution in [2.24, 2.45) is 7.05 Å². The van der Waals surface area contributed by atoms with Crippen molar-refractivity contribution in [3.05, 3.63) is 52.9 Å². The van der Waals surface area contributed by atoms with E-state index in [-0.39, 0.29) is 28.5 Å². The molecule has 190 valence electrons. The van der Waals surface area contributed by atoms with Gasteiger partial charge in [-0.25, -0.2) is 14.4 Å². The molecule has 0 radical (unpaired) electrons. The Balaban J connectivity index is 2.09. The quantitative estimate of drug-likeness (QED) is 0.317. The Morgan fingerprint density at radius 2 is 1.91 bits per heavy atom. The van der Waals surface area contributed by atoms with Crippen molar-refractivity contribution in [2.45, 2.75) is 45.9 Å². The maximum atomic E-state index is 15.2. The molecule has 0 aliphatic rings. The van der Waals surface area contributed by atoms with Crippen LogP contribution < -0.4 is 14.8 Å². The van der Waals surface area contributed by atoms with Crippen molar-refractivity contribution in [1.29, 1.82) is 0 Å². The second-order valence-electron chi connectivity index (χ2n) is 7.98. The number of aromatic nitrogens is 3. The zero-order valence-electron chi connectivity index (χ0n) is 19.7. The van der Waals surface area contributed by atoms with Gasteiger partial charge in [0.25, 0.3) is 0 Å². The minimum absolute atomic E-state index is 0.0816. The number of aryl methyl sites for hydroxylation is 2. The number of nitrogens with one attached hydrogen (secondary N) is 1. The summed E-state index contributed by atoms with van der Waals surface area (Å²) in [6.45, 7) is 3.78. The third-order valence-electron chi connectivity index (χ3n) is 5.49. The van der Waals surface area contributed by atoms with Gasteiger partial charge in [0.1, 0.15) is 24.0 Å². The molecule has 0 spiro atoms. The molecule has 2 atom stereocenters. The van der Waals surface area contributed by atoms with Gasteiger partial charge in [0, 0.05) is 41.8 Å². The number of anilines is 1. The van der Waals surface area contributed by atoms with Crippen LogP contribution in [0.25, 0.3) is 11.3 Å². The third-order valence-corrected chi connectivity index (χ3v) is 5.49. The van der Waals surface area contributed by atoms with Crippen molar-refractivity contribution in [1.82, 2.24) is 14.5 Å². The van der Waals surface area contributed by atoms with Crippen molar-refractivity contribution in [2.75, 3.05) is 12.4 Å². The predicted octanol–water partition coefficient (Wildman–Crippen LogP) is 4.17. The summed E-state index contributed by atoms with van der Waals surface area (Å²) in [7, 11) is 3.00. The molecule has 0 aliphatic carbocycles. The number of benzene rings is 1. The van der Waals surface area contributed by atoms with Crippen molar-refractivity contribution in [3.63, 3.8) is 0 Å². The number of hydrogen-bond donors (Lipinski definition) is 3. The molecule has 1 unspecified atom stereocenters. The highest BCUT2D eigenvalue weighted by atomic mass is 19.4. The molecule has 0 saturated carbocycles. The summed E-state index contributed by atoms with van der Waals surface area (Å²) in [4.78, 5) is 8.23. The van der Waals surface area contributed by atoms with Crippen molar-refractivity contribution < 1.29 is 37.2 Å². The molecule has 35 heavy (non-hydrogen) atoms. The van der Waals surface area contributed by atoms with Crippen LogP contribution in [-0.2, 0) is 13.7 Å². The lowest BCUT2D eigenvalue weighted by molar-refractivity contribution is -0.189. The highest BCUT2D eigenvalue weighted by molar-refractivity contribution is 5.65. The molecule has 8 nitrogen and oxygen atoms in total. The normalized spacial score (nSPS) is 13.5. The van der Waals surface area contributed by atoms with E-state index in [2.05, 4.69) is 15.3 Å². The van der Waals surface area contributed by atoms with Crippen LogP contribution in [0.5, 0.6) is 11.6 Å². The number of imidazole rings is 1. The summed E-state index contributed by atoms with van der Waals surface area (Å²) in [6.07, 6.45) is -5.67. The van der Waals surface area contributed by atoms with E-state index in [4.69, 9.17) is 9.47 Å². The fraction of sp³-hybridized carbons (Fsp3) is 0.391. The summed E-state index contributed by atoms with van der Waals surface area (Å²) < 4.78 is 66.7. The van der Waals surface area contributed by atoms with E-state index < -0.39 is 36.7 Å². The molecule has 0 amide bonds. The summed E-state index contributed by atoms with van der Waals surface area (Å²) in [5.41, 5.74) is 1.25. The molecule has 0 aliphatic heterocycles. The molecule has 0 fully saturated rings. The van der Waals surface area contributed by atoms with E-state index in [1.165, 1.54) is 24.1 Å². The molecule has 2 heterocycles. The van der Waals surface area contributed by atoms with Gasteiger partial charge in [0.2, 0.25) is 5.88 Å². The van der Waals surface area contributed by atoms with Crippen LogP contribution in [0.2, 0.25) is 0 Å². The van der Waals surface area contributed by atoms with Crippen LogP contribution in [0.15, 0.2) is 24.5 Å². The molecule has 3 N–H and O–H groups in total. The van der Waals surface area contributed by atoms with Crippen LogP contribution in [0.1, 0.15) is 35.7 Å². The van der Waals surface area contributed by atoms with E-state index in [0.717, 1.165) is 19.1 Å². The van der Waals surface area contributed by atoms with E-state index in [0.29, 0.717) is 16.8 Å². The number of alkyl halides is 3. The number of aliphatic hydroxyl groups excluding tert-OH is 2. The lowest BCUT2D eigenvalue weighted by Crippen LogP contribution is -2.31. The summed E-state index contributed by atoms with van der Waals surface area (Å²) in [5, 5.41) is 23.1. The van der Waals surface area contributed by atoms with E-state index in [1.54, 1.807) is 20.9 Å². The number of pyridine rings is 1. The van der Waals surface area contributed by atoms with Crippen molar-refractivity contribution >= 4 is 5.69 Å². The van der Waals surface area contributed by atoms with Gasteiger partial charge >= 0.3 is 6.18 Å². The monoisotopic (exact) mass is 498 g/mol. The Kier molecular flexibility index (Phi) is 7.56. The van der Waals surface area contributed by atoms with Crippen LogP contribution in [0, 0.1) is 19.7 Å². The Labute approximate surface area is 199 Å². The molecule has 3 rings (SSSR count). The molecule has 0 saturated heterocycles. The maximum Gasteiger partial charge on any atom is 0.425 e. The van der Waals surface area contributed by atoms with Crippen LogP contribution in [0.3, 0.4) is 0 Å². The molecular weight excluding hydrogens is 472 g/mol. The largest absolute Gasteiger partial charge is 0.481 e. The van der Waals surface area contributed by atoms with Crippen LogP contribution in [0.4, 0.5) is 23.2 Å². The molecule has 12 heteroatoms. The summed E-state index contributed by atoms with van der Waals surface area (Å²) in [6, 6.07) is 1.94. The average Bonchev–Trinajstić information content (AvgIpc) is 3.17. The van der Waals surface area contributed by atoms with Gasteiger partial charge in [-0.2, -0.15) is 13.2 Å². The first-order valence-electron chi connectivity index (χ1n) is 10.5. The summed E-state index contributed by atoms with van der Waals surface area (Å²) in [5.74, 6) is -0.729. The number of aliphatic hydroxyl groups is 2. The van der Waals surface area contributed by atoms with Crippen LogP contribution in [-0.4, -0.2) is 44.1 Å². The van der Waals surface area contributed by atoms with E-state index in [9.17, 15) is 23.4 Å². The average molecular weight is 498 g/mol. The molecule has 0 bridgehead atoms. The van der Waals surface area contributed by atoms with Gasteiger partial charge in [-0.05, 0) is 38.5 Å². The highest BCUT2D eigenvalue weighted by Crippen LogP contribution is 2.37. The van der Waals surface area contributed by atoms with Crippen LogP contribution >= 0.6 is 0 Å². The third kappa shape index (κ3) is 5.49. The second kappa shape index (κ2) is 10.1. The predicted molar refractivity (Wildman–Crippen MR) is 120 cm³/mol. The fourth-order valence-corrected chi connectivity index (χ4v) is 3.48. The number of halogens is 4. The number of hydrogen-bond acceptors (Lipinski definition) is 7. The number of rotatable bonds is 8. The highest BCUT2D eigenvalue weighted by Gasteiger charge is 2.39. The lowest BCUT2D eigenvalue weighted by atomic mass is 10.0. The summed E-state index contributed by atoms with van der Waals surface area (Å²) >= 11 is 0. The number of methoxy groups -OCH3 is 1. The van der Waals surface area contributed by atoms with Gasteiger partial charge < -0.3 is 29.6 Å². The van der Waals surface area contributed by atoms with Gasteiger partial charge in [-0.15, -0.1) is 0 Å². The second-order valence-corrected chi connectivity index (χ2v) is 7.98. The SMILES string of the molecule is COc1ncc(C)c(NC(O)c2cc(F)c(-c3cn(C)c(CO)n3)cc2O[C@@H](C)C(F)(F)F)c1C. The molecule has 2 aromatic heterocycles. The Hall–Kier alpha value is -3.38. The molecular formula is C23H26F4N4O4. The number of nitrogens with zero attached hydrogens (tertiary/aromatic N) is 3. The number of ether oxygens (including phenoxy) is 2. The minimum Gasteiger partial charge on any atom is -0.481 e. The van der Waals surface area contributed by atoms with E-state index in [1.807, 2.05) is 0 Å². The Morgan fingerprint density at radius 3 is 2.49 bits per heavy atom. The molecule has 3 aromatic rings. The van der Waals surface area contributed by atoms with Crippen molar-refractivity contribution in [3.8, 4) is 22.9 Å². The lowest BCUT2D eigenvalue weighted by Gasteiger charge is -2.24. The van der Waals surface area contributed by atoms with Gasteiger partial charge in [0.15, 0.2) is 12.3 Å². The standard InChI is InChI=1S/C23H26F4N4O4/c1-11-8-28-22(34-5)12(2)20(11)30-21(33)15-6-16(24)14(17-9-31(4)19(10-32)29-17)7-18(15)35-13(3)23(25,26)27/h6-9,13,21,32-33H,10H2,1-5H3,(H,28,30)/t13-,21?/m0/s1. The Morgan fingerprint density at radius 1 is 1.23 bits per heavy atom. The van der Waals surface area contributed by atoms with E-state index >= 15 is 4.39 Å². The Bertz CT molecular complexity index is 1210. The van der Waals surface area contributed by atoms with Gasteiger partial charge in [-0.3, -0.25) is 0 Å². The topological polar surface area (TPSA) is 102 Å². The molecule has 1 aromatic carbocycles. The smallest absolute Gasteiger partial charge is 0.425 e. The zero-order valence-corrected chi connectivity index (χ0v) is 19.7. The first kappa shape index (κ1) is 26.2.